The average Bonchev–Trinajstić information content (AvgIpc) is 2.70. The highest BCUT2D eigenvalue weighted by Gasteiger charge is 2.49. The van der Waals surface area contributed by atoms with Crippen LogP contribution in [0, 0.1) is 0 Å². The van der Waals surface area contributed by atoms with E-state index in [0.717, 1.165) is 18.4 Å². The molecule has 0 unspecified atom stereocenters. The Morgan fingerprint density at radius 3 is 1.54 bits per heavy atom. The first-order chi connectivity index (χ1) is 13.5. The van der Waals surface area contributed by atoms with Crippen LogP contribution in [0.2, 0.25) is 5.04 Å². The van der Waals surface area contributed by atoms with E-state index in [0.29, 0.717) is 0 Å². The number of hydrogen-bond acceptors (Lipinski definition) is 1. The molecule has 28 heavy (non-hydrogen) atoms. The van der Waals surface area contributed by atoms with Gasteiger partial charge in [-0.15, -0.1) is 0 Å². The van der Waals surface area contributed by atoms with E-state index in [4.69, 9.17) is 4.43 Å². The first kappa shape index (κ1) is 23.4. The molecule has 0 amide bonds. The molecule has 3 heteroatoms. The molecule has 0 aliphatic carbocycles. The van der Waals surface area contributed by atoms with E-state index in [-0.39, 0.29) is 5.04 Å². The first-order valence-corrected chi connectivity index (χ1v) is 13.9. The fraction of sp³-hybridized carbons (Fsp3) is 0.520. The zero-order chi connectivity index (χ0) is 20.3. The third kappa shape index (κ3) is 6.30. The molecular formula is C25H37BrOSi. The van der Waals surface area contributed by atoms with E-state index >= 15 is 0 Å². The summed E-state index contributed by atoms with van der Waals surface area (Å²) in [6.45, 7) is 7.91. The predicted molar refractivity (Wildman–Crippen MR) is 130 cm³/mol. The topological polar surface area (TPSA) is 9.23 Å². The molecule has 1 nitrogen and oxygen atoms in total. The molecule has 0 aliphatic heterocycles. The van der Waals surface area contributed by atoms with Gasteiger partial charge in [0.2, 0.25) is 0 Å². The van der Waals surface area contributed by atoms with E-state index < -0.39 is 8.32 Å². The molecule has 0 aliphatic rings. The Balaban J connectivity index is 2.08. The van der Waals surface area contributed by atoms with Crippen LogP contribution in [0.1, 0.15) is 65.7 Å². The third-order valence-electron chi connectivity index (χ3n) is 5.51. The quantitative estimate of drug-likeness (QED) is 0.194. The minimum atomic E-state index is -2.34. The van der Waals surface area contributed by atoms with E-state index in [1.165, 1.54) is 48.9 Å². The molecule has 2 aromatic rings. The lowest BCUT2D eigenvalue weighted by atomic mass is 10.1. The summed E-state index contributed by atoms with van der Waals surface area (Å²) in [6, 6.07) is 21.9. The van der Waals surface area contributed by atoms with Crippen molar-refractivity contribution >= 4 is 34.6 Å². The zero-order valence-electron chi connectivity index (χ0n) is 17.9. The number of alkyl halides is 1. The Hall–Kier alpha value is -0.903. The molecular weight excluding hydrogens is 424 g/mol. The summed E-state index contributed by atoms with van der Waals surface area (Å²) >= 11 is 3.51. The maximum atomic E-state index is 6.94. The molecule has 0 heterocycles. The minimum Gasteiger partial charge on any atom is -0.407 e. The normalized spacial score (nSPS) is 12.3. The average molecular weight is 462 g/mol. The summed E-state index contributed by atoms with van der Waals surface area (Å²) < 4.78 is 6.94. The molecule has 0 saturated heterocycles. The molecule has 0 saturated carbocycles. The molecule has 0 radical (unpaired) electrons. The standard InChI is InChI=1S/C25H37BrOSi/c1-25(2,3)28(23-17-11-9-12-18-23,24-19-13-10-14-20-24)27-22-16-8-6-4-5-7-15-21-26/h9-14,17-20H,4-8,15-16,21-22H2,1-3H3. The van der Waals surface area contributed by atoms with Gasteiger partial charge in [-0.2, -0.15) is 0 Å². The van der Waals surface area contributed by atoms with E-state index in [1.807, 2.05) is 0 Å². The smallest absolute Gasteiger partial charge is 0.261 e. The maximum absolute atomic E-state index is 6.94. The highest BCUT2D eigenvalue weighted by molar-refractivity contribution is 9.09. The van der Waals surface area contributed by atoms with Crippen molar-refractivity contribution in [1.29, 1.82) is 0 Å². The van der Waals surface area contributed by atoms with Gasteiger partial charge < -0.3 is 4.43 Å². The van der Waals surface area contributed by atoms with Crippen molar-refractivity contribution in [2.75, 3.05) is 11.9 Å². The van der Waals surface area contributed by atoms with E-state index in [2.05, 4.69) is 97.4 Å². The molecule has 2 rings (SSSR count). The second-order valence-corrected chi connectivity index (χ2v) is 13.8. The Morgan fingerprint density at radius 1 is 0.679 bits per heavy atom. The van der Waals surface area contributed by atoms with Gasteiger partial charge in [0.05, 0.1) is 0 Å². The van der Waals surface area contributed by atoms with Crippen molar-refractivity contribution in [3.05, 3.63) is 60.7 Å². The molecule has 0 bridgehead atoms. The largest absolute Gasteiger partial charge is 0.407 e. The number of unbranched alkanes of at least 4 members (excludes halogenated alkanes) is 6. The fourth-order valence-corrected chi connectivity index (χ4v) is 9.07. The Bertz CT molecular complexity index is 612. The Kier molecular flexibility index (Phi) is 9.97. The molecule has 154 valence electrons. The summed E-state index contributed by atoms with van der Waals surface area (Å²) in [5.74, 6) is 0. The van der Waals surface area contributed by atoms with Crippen LogP contribution in [0.25, 0.3) is 0 Å². The molecule has 0 spiro atoms. The van der Waals surface area contributed by atoms with Crippen molar-refractivity contribution in [2.45, 2.75) is 70.8 Å². The molecule has 0 fully saturated rings. The van der Waals surface area contributed by atoms with Crippen LogP contribution in [0.3, 0.4) is 0 Å². The van der Waals surface area contributed by atoms with Crippen LogP contribution in [0.4, 0.5) is 0 Å². The highest BCUT2D eigenvalue weighted by Crippen LogP contribution is 2.36. The minimum absolute atomic E-state index is 0.0748. The van der Waals surface area contributed by atoms with Crippen molar-refractivity contribution in [1.82, 2.24) is 0 Å². The lowest BCUT2D eigenvalue weighted by molar-refractivity contribution is 0.286. The maximum Gasteiger partial charge on any atom is 0.261 e. The Morgan fingerprint density at radius 2 is 1.11 bits per heavy atom. The van der Waals surface area contributed by atoms with Gasteiger partial charge in [-0.25, -0.2) is 0 Å². The van der Waals surface area contributed by atoms with Gasteiger partial charge in [-0.05, 0) is 28.3 Å². The summed E-state index contributed by atoms with van der Waals surface area (Å²) in [7, 11) is -2.34. The van der Waals surface area contributed by atoms with E-state index in [9.17, 15) is 0 Å². The molecule has 0 N–H and O–H groups in total. The van der Waals surface area contributed by atoms with Gasteiger partial charge in [0.25, 0.3) is 8.32 Å². The van der Waals surface area contributed by atoms with Gasteiger partial charge in [-0.3, -0.25) is 0 Å². The lowest BCUT2D eigenvalue weighted by Crippen LogP contribution is -2.66. The zero-order valence-corrected chi connectivity index (χ0v) is 20.5. The van der Waals surface area contributed by atoms with Crippen LogP contribution in [-0.2, 0) is 4.43 Å². The number of hydrogen-bond donors (Lipinski definition) is 0. The molecule has 0 atom stereocenters. The van der Waals surface area contributed by atoms with Crippen LogP contribution in [0.15, 0.2) is 60.7 Å². The van der Waals surface area contributed by atoms with Crippen molar-refractivity contribution in [3.8, 4) is 0 Å². The predicted octanol–water partition coefficient (Wildman–Crippen LogP) is 6.69. The van der Waals surface area contributed by atoms with Crippen molar-refractivity contribution < 1.29 is 4.43 Å². The van der Waals surface area contributed by atoms with Crippen molar-refractivity contribution in [3.63, 3.8) is 0 Å². The van der Waals surface area contributed by atoms with Crippen LogP contribution >= 0.6 is 15.9 Å². The molecule has 2 aromatic carbocycles. The van der Waals surface area contributed by atoms with Crippen LogP contribution in [-0.4, -0.2) is 20.3 Å². The monoisotopic (exact) mass is 460 g/mol. The van der Waals surface area contributed by atoms with Gasteiger partial charge in [-0.1, -0.05) is 129 Å². The highest BCUT2D eigenvalue weighted by atomic mass is 79.9. The van der Waals surface area contributed by atoms with E-state index in [1.54, 1.807) is 0 Å². The van der Waals surface area contributed by atoms with Gasteiger partial charge in [0.15, 0.2) is 0 Å². The van der Waals surface area contributed by atoms with Crippen LogP contribution in [0.5, 0.6) is 0 Å². The number of rotatable bonds is 12. The first-order valence-electron chi connectivity index (χ1n) is 10.8. The lowest BCUT2D eigenvalue weighted by Gasteiger charge is -2.43. The second kappa shape index (κ2) is 11.9. The summed E-state index contributed by atoms with van der Waals surface area (Å²) in [6.07, 6.45) is 9.12. The van der Waals surface area contributed by atoms with Gasteiger partial charge in [0.1, 0.15) is 0 Å². The summed E-state index contributed by atoms with van der Waals surface area (Å²) in [5, 5.41) is 3.97. The number of benzene rings is 2. The third-order valence-corrected chi connectivity index (χ3v) is 11.1. The van der Waals surface area contributed by atoms with Crippen molar-refractivity contribution in [2.24, 2.45) is 0 Å². The molecule has 0 aromatic heterocycles. The fourth-order valence-electron chi connectivity index (χ4n) is 4.07. The second-order valence-electron chi connectivity index (χ2n) is 8.68. The number of halogens is 1. The van der Waals surface area contributed by atoms with Gasteiger partial charge >= 0.3 is 0 Å². The Labute approximate surface area is 182 Å². The SMILES string of the molecule is CC(C)(C)[Si](OCCCCCCCCCBr)(c1ccccc1)c1ccccc1. The summed E-state index contributed by atoms with van der Waals surface area (Å²) in [4.78, 5) is 0. The van der Waals surface area contributed by atoms with Crippen LogP contribution < -0.4 is 10.4 Å². The van der Waals surface area contributed by atoms with Gasteiger partial charge in [0, 0.05) is 11.9 Å². The summed E-state index contributed by atoms with van der Waals surface area (Å²) in [5.41, 5.74) is 0.